The molecule has 148 valence electrons. The lowest BCUT2D eigenvalue weighted by Gasteiger charge is -2.08. The number of fused-ring (bicyclic) bond motifs is 1. The maximum Gasteiger partial charge on any atom is 0.387 e. The lowest BCUT2D eigenvalue weighted by atomic mass is 10.2. The quantitative estimate of drug-likeness (QED) is 0.556. The van der Waals surface area contributed by atoms with Gasteiger partial charge in [-0.25, -0.2) is 4.98 Å². The van der Waals surface area contributed by atoms with Crippen molar-refractivity contribution in [3.63, 3.8) is 0 Å². The predicted octanol–water partition coefficient (Wildman–Crippen LogP) is 3.81. The fourth-order valence-electron chi connectivity index (χ4n) is 2.64. The summed E-state index contributed by atoms with van der Waals surface area (Å²) < 4.78 is 35.1. The molecular weight excluding hydrogens is 390 g/mol. The van der Waals surface area contributed by atoms with Gasteiger partial charge in [0.15, 0.2) is 0 Å². The van der Waals surface area contributed by atoms with Crippen LogP contribution >= 0.6 is 11.3 Å². The first-order chi connectivity index (χ1) is 13.3. The number of alkyl halides is 2. The molecule has 9 heteroatoms. The van der Waals surface area contributed by atoms with Crippen LogP contribution in [0.1, 0.15) is 22.4 Å². The molecule has 0 saturated heterocycles. The lowest BCUT2D eigenvalue weighted by molar-refractivity contribution is -0.145. The number of hydrogen-bond acceptors (Lipinski definition) is 6. The highest BCUT2D eigenvalue weighted by Gasteiger charge is 2.13. The molecule has 3 aromatic rings. The molecule has 0 unspecified atom stereocenters. The molecular formula is C19H18F2N2O4S. The highest BCUT2D eigenvalue weighted by Crippen LogP contribution is 2.25. The first kappa shape index (κ1) is 19.9. The summed E-state index contributed by atoms with van der Waals surface area (Å²) in [4.78, 5) is 30.6. The average molecular weight is 408 g/mol. The normalized spacial score (nSPS) is 11.2. The fourth-order valence-corrected chi connectivity index (χ4v) is 3.63. The number of hydrogen-bond donors (Lipinski definition) is 0. The third-order valence-corrected chi connectivity index (χ3v) is 5.38. The maximum atomic E-state index is 12.6. The molecule has 0 N–H and O–H groups in total. The number of thiophene rings is 1. The summed E-state index contributed by atoms with van der Waals surface area (Å²) >= 11 is 1.47. The molecule has 0 atom stereocenters. The molecule has 0 amide bonds. The summed E-state index contributed by atoms with van der Waals surface area (Å²) in [5, 5.41) is 0.587. The molecule has 2 heterocycles. The second-order valence-electron chi connectivity index (χ2n) is 6.14. The second kappa shape index (κ2) is 8.47. The predicted molar refractivity (Wildman–Crippen MR) is 101 cm³/mol. The zero-order chi connectivity index (χ0) is 20.3. The van der Waals surface area contributed by atoms with Gasteiger partial charge in [0, 0.05) is 11.4 Å². The second-order valence-corrected chi connectivity index (χ2v) is 7.34. The molecule has 1 aromatic carbocycles. The van der Waals surface area contributed by atoms with Crippen molar-refractivity contribution in [2.45, 2.75) is 40.0 Å². The number of benzene rings is 1. The van der Waals surface area contributed by atoms with Crippen molar-refractivity contribution in [3.05, 3.63) is 57.0 Å². The Labute approximate surface area is 163 Å². The molecule has 0 radical (unpaired) electrons. The first-order valence-corrected chi connectivity index (χ1v) is 9.31. The van der Waals surface area contributed by atoms with Crippen LogP contribution in [0.25, 0.3) is 10.2 Å². The molecule has 0 bridgehead atoms. The minimum absolute atomic E-state index is 0.00279. The lowest BCUT2D eigenvalue weighted by Crippen LogP contribution is -2.22. The summed E-state index contributed by atoms with van der Waals surface area (Å²) in [5.74, 6) is -0.440. The maximum absolute atomic E-state index is 12.6. The topological polar surface area (TPSA) is 70.4 Å². The number of esters is 1. The van der Waals surface area contributed by atoms with E-state index in [-0.39, 0.29) is 30.9 Å². The van der Waals surface area contributed by atoms with E-state index in [0.29, 0.717) is 15.8 Å². The number of ether oxygens (including phenoxy) is 2. The third-order valence-electron chi connectivity index (χ3n) is 4.26. The number of halogens is 2. The zero-order valence-electron chi connectivity index (χ0n) is 15.3. The Kier molecular flexibility index (Phi) is 6.03. The Bertz CT molecular complexity index is 1040. The third kappa shape index (κ3) is 4.53. The van der Waals surface area contributed by atoms with Crippen molar-refractivity contribution in [3.8, 4) is 5.75 Å². The molecule has 2 aromatic heterocycles. The van der Waals surface area contributed by atoms with Crippen molar-refractivity contribution >= 4 is 27.5 Å². The van der Waals surface area contributed by atoms with Gasteiger partial charge in [-0.2, -0.15) is 8.78 Å². The van der Waals surface area contributed by atoms with Crippen LogP contribution in [0.4, 0.5) is 8.78 Å². The average Bonchev–Trinajstić information content (AvgIpc) is 2.95. The number of carbonyl (C=O) groups excluding carboxylic acids is 1. The molecule has 0 fully saturated rings. The minimum Gasteiger partial charge on any atom is -0.461 e. The largest absolute Gasteiger partial charge is 0.461 e. The molecule has 0 saturated carbocycles. The summed E-state index contributed by atoms with van der Waals surface area (Å²) in [6.07, 6.45) is 1.46. The van der Waals surface area contributed by atoms with E-state index in [0.717, 1.165) is 10.4 Å². The van der Waals surface area contributed by atoms with E-state index in [1.807, 2.05) is 13.8 Å². The van der Waals surface area contributed by atoms with E-state index >= 15 is 0 Å². The summed E-state index contributed by atoms with van der Waals surface area (Å²) in [7, 11) is 0. The Balaban J connectivity index is 1.56. The van der Waals surface area contributed by atoms with Crippen molar-refractivity contribution < 1.29 is 23.0 Å². The SMILES string of the molecule is Cc1sc2ncn(CCC(=O)OCc3ccc(OC(F)F)cc3)c(=O)c2c1C. The highest BCUT2D eigenvalue weighted by molar-refractivity contribution is 7.18. The smallest absolute Gasteiger partial charge is 0.387 e. The zero-order valence-corrected chi connectivity index (χ0v) is 16.1. The number of aromatic nitrogens is 2. The number of carbonyl (C=O) groups is 1. The van der Waals surface area contributed by atoms with Crippen molar-refractivity contribution in [1.29, 1.82) is 0 Å². The molecule has 0 spiro atoms. The van der Waals surface area contributed by atoms with Gasteiger partial charge in [-0.15, -0.1) is 11.3 Å². The molecule has 28 heavy (non-hydrogen) atoms. The van der Waals surface area contributed by atoms with Gasteiger partial charge in [0.25, 0.3) is 5.56 Å². The van der Waals surface area contributed by atoms with Crippen LogP contribution < -0.4 is 10.3 Å². The van der Waals surface area contributed by atoms with Gasteiger partial charge in [-0.1, -0.05) is 12.1 Å². The highest BCUT2D eigenvalue weighted by atomic mass is 32.1. The van der Waals surface area contributed by atoms with Gasteiger partial charge in [-0.05, 0) is 37.1 Å². The van der Waals surface area contributed by atoms with Gasteiger partial charge in [-0.3, -0.25) is 14.2 Å². The molecule has 3 rings (SSSR count). The number of aryl methyl sites for hydroxylation is 3. The Morgan fingerprint density at radius 3 is 2.64 bits per heavy atom. The Morgan fingerprint density at radius 2 is 1.96 bits per heavy atom. The van der Waals surface area contributed by atoms with Crippen LogP contribution in [0.5, 0.6) is 5.75 Å². The van der Waals surface area contributed by atoms with Gasteiger partial charge in [0.2, 0.25) is 0 Å². The summed E-state index contributed by atoms with van der Waals surface area (Å²) in [6, 6.07) is 5.83. The van der Waals surface area contributed by atoms with E-state index < -0.39 is 12.6 Å². The van der Waals surface area contributed by atoms with E-state index in [4.69, 9.17) is 4.74 Å². The van der Waals surface area contributed by atoms with E-state index in [2.05, 4.69) is 9.72 Å². The van der Waals surface area contributed by atoms with Crippen LogP contribution in [0, 0.1) is 13.8 Å². The molecule has 0 aliphatic carbocycles. The first-order valence-electron chi connectivity index (χ1n) is 8.49. The molecule has 6 nitrogen and oxygen atoms in total. The van der Waals surface area contributed by atoms with E-state index in [9.17, 15) is 18.4 Å². The van der Waals surface area contributed by atoms with E-state index in [1.165, 1.54) is 46.5 Å². The van der Waals surface area contributed by atoms with Crippen LogP contribution in [0.15, 0.2) is 35.4 Å². The Hall–Kier alpha value is -2.81. The molecule has 0 aliphatic heterocycles. The van der Waals surface area contributed by atoms with Gasteiger partial charge in [0.05, 0.1) is 18.1 Å². The van der Waals surface area contributed by atoms with Crippen molar-refractivity contribution in [2.24, 2.45) is 0 Å². The van der Waals surface area contributed by atoms with Crippen molar-refractivity contribution in [2.75, 3.05) is 0 Å². The number of rotatable bonds is 7. The molecule has 0 aliphatic rings. The van der Waals surface area contributed by atoms with Crippen LogP contribution in [0.3, 0.4) is 0 Å². The van der Waals surface area contributed by atoms with Gasteiger partial charge >= 0.3 is 12.6 Å². The standard InChI is InChI=1S/C19H18F2N2O4S/c1-11-12(2)28-17-16(11)18(25)23(10-22-17)8-7-15(24)26-9-13-3-5-14(6-4-13)27-19(20)21/h3-6,10,19H,7-9H2,1-2H3. The van der Waals surface area contributed by atoms with Gasteiger partial charge in [0.1, 0.15) is 17.2 Å². The van der Waals surface area contributed by atoms with Crippen molar-refractivity contribution in [1.82, 2.24) is 9.55 Å². The minimum atomic E-state index is -2.89. The van der Waals surface area contributed by atoms with Crippen LogP contribution in [0.2, 0.25) is 0 Å². The van der Waals surface area contributed by atoms with Crippen LogP contribution in [-0.4, -0.2) is 22.1 Å². The number of nitrogens with zero attached hydrogens (tertiary/aromatic N) is 2. The summed E-state index contributed by atoms with van der Waals surface area (Å²) in [5.41, 5.74) is 1.38. The van der Waals surface area contributed by atoms with Crippen LogP contribution in [-0.2, 0) is 22.7 Å². The Morgan fingerprint density at radius 1 is 1.25 bits per heavy atom. The monoisotopic (exact) mass is 408 g/mol. The van der Waals surface area contributed by atoms with E-state index in [1.54, 1.807) is 0 Å². The van der Waals surface area contributed by atoms with Gasteiger partial charge < -0.3 is 9.47 Å². The summed E-state index contributed by atoms with van der Waals surface area (Å²) in [6.45, 7) is 1.10. The fraction of sp³-hybridized carbons (Fsp3) is 0.316.